The van der Waals surface area contributed by atoms with E-state index >= 15 is 0 Å². The van der Waals surface area contributed by atoms with Crippen molar-refractivity contribution in [2.45, 2.75) is 98.4 Å². The molecule has 0 spiro atoms. The molecule has 20 heavy (non-hydrogen) atoms. The van der Waals surface area contributed by atoms with E-state index in [0.29, 0.717) is 22.2 Å². The van der Waals surface area contributed by atoms with Crippen molar-refractivity contribution in [2.75, 3.05) is 0 Å². The van der Waals surface area contributed by atoms with Crippen LogP contribution in [0.4, 0.5) is 0 Å². The number of hydrogen-bond donors (Lipinski definition) is 1. The van der Waals surface area contributed by atoms with Crippen molar-refractivity contribution in [3.05, 3.63) is 0 Å². The maximum absolute atomic E-state index is 6.76. The van der Waals surface area contributed by atoms with Gasteiger partial charge < -0.3 is 5.73 Å². The first-order chi connectivity index (χ1) is 8.98. The summed E-state index contributed by atoms with van der Waals surface area (Å²) in [7, 11) is 0. The molecule has 0 aromatic carbocycles. The van der Waals surface area contributed by atoms with Crippen LogP contribution in [-0.2, 0) is 0 Å². The predicted molar refractivity (Wildman–Crippen MR) is 88.7 cm³/mol. The maximum atomic E-state index is 6.76. The van der Waals surface area contributed by atoms with Gasteiger partial charge in [-0.05, 0) is 67.6 Å². The van der Waals surface area contributed by atoms with E-state index in [1.807, 2.05) is 0 Å². The van der Waals surface area contributed by atoms with Crippen molar-refractivity contribution in [3.63, 3.8) is 0 Å². The predicted octanol–water partition coefficient (Wildman–Crippen LogP) is 5.53. The van der Waals surface area contributed by atoms with Crippen LogP contribution in [0.2, 0.25) is 0 Å². The monoisotopic (exact) mass is 279 g/mol. The van der Waals surface area contributed by atoms with E-state index in [1.165, 1.54) is 51.4 Å². The second-order valence-corrected chi connectivity index (χ2v) is 9.94. The minimum absolute atomic E-state index is 0.0261. The summed E-state index contributed by atoms with van der Waals surface area (Å²) in [5.74, 6) is 0.706. The minimum Gasteiger partial charge on any atom is -0.325 e. The summed E-state index contributed by atoms with van der Waals surface area (Å²) in [6, 6.07) is 0. The van der Waals surface area contributed by atoms with E-state index in [0.717, 1.165) is 0 Å². The molecule has 0 aliphatic heterocycles. The molecular formula is C19H37N. The van der Waals surface area contributed by atoms with Crippen molar-refractivity contribution >= 4 is 0 Å². The normalized spacial score (nSPS) is 44.2. The summed E-state index contributed by atoms with van der Waals surface area (Å²) >= 11 is 0. The van der Waals surface area contributed by atoms with Crippen molar-refractivity contribution < 1.29 is 0 Å². The first-order valence-corrected chi connectivity index (χ1v) is 8.77. The maximum Gasteiger partial charge on any atom is 0.0159 e. The molecule has 1 heteroatoms. The molecule has 1 nitrogen and oxygen atoms in total. The van der Waals surface area contributed by atoms with Crippen LogP contribution >= 0.6 is 0 Å². The van der Waals surface area contributed by atoms with Crippen LogP contribution in [0.1, 0.15) is 92.9 Å². The summed E-state index contributed by atoms with van der Waals surface area (Å²) < 4.78 is 0. The third kappa shape index (κ3) is 3.08. The van der Waals surface area contributed by atoms with Gasteiger partial charge in [-0.2, -0.15) is 0 Å². The van der Waals surface area contributed by atoms with Crippen LogP contribution in [0.15, 0.2) is 0 Å². The average Bonchev–Trinajstić information content (AvgIpc) is 2.25. The van der Waals surface area contributed by atoms with Gasteiger partial charge in [0.1, 0.15) is 0 Å². The molecule has 3 unspecified atom stereocenters. The fourth-order valence-corrected chi connectivity index (χ4v) is 5.14. The zero-order valence-corrected chi connectivity index (χ0v) is 14.8. The fourth-order valence-electron chi connectivity index (χ4n) is 5.14. The minimum atomic E-state index is 0.0261. The summed E-state index contributed by atoms with van der Waals surface area (Å²) in [5, 5.41) is 0. The van der Waals surface area contributed by atoms with Crippen LogP contribution < -0.4 is 5.73 Å². The molecule has 0 aromatic heterocycles. The molecule has 0 saturated heterocycles. The lowest BCUT2D eigenvalue weighted by Crippen LogP contribution is -2.53. The lowest BCUT2D eigenvalue weighted by atomic mass is 9.52. The van der Waals surface area contributed by atoms with Crippen LogP contribution in [0, 0.1) is 22.2 Å². The van der Waals surface area contributed by atoms with E-state index in [9.17, 15) is 0 Å². The van der Waals surface area contributed by atoms with Gasteiger partial charge in [-0.15, -0.1) is 0 Å². The molecule has 2 saturated carbocycles. The summed E-state index contributed by atoms with van der Waals surface area (Å²) in [5.41, 5.74) is 8.19. The summed E-state index contributed by atoms with van der Waals surface area (Å²) in [4.78, 5) is 0. The first-order valence-electron chi connectivity index (χ1n) is 8.77. The van der Waals surface area contributed by atoms with Crippen LogP contribution in [0.3, 0.4) is 0 Å². The van der Waals surface area contributed by atoms with Gasteiger partial charge in [0.15, 0.2) is 0 Å². The van der Waals surface area contributed by atoms with Crippen LogP contribution in [0.5, 0.6) is 0 Å². The highest BCUT2D eigenvalue weighted by Gasteiger charge is 2.48. The third-order valence-corrected chi connectivity index (χ3v) is 7.07. The zero-order chi connectivity index (χ0) is 15.2. The zero-order valence-electron chi connectivity index (χ0n) is 14.8. The number of rotatable bonds is 2. The van der Waals surface area contributed by atoms with E-state index in [-0.39, 0.29) is 5.54 Å². The molecule has 0 amide bonds. The third-order valence-electron chi connectivity index (χ3n) is 7.07. The highest BCUT2D eigenvalue weighted by molar-refractivity contribution is 5.02. The Morgan fingerprint density at radius 1 is 0.900 bits per heavy atom. The Morgan fingerprint density at radius 2 is 1.50 bits per heavy atom. The Morgan fingerprint density at radius 3 is 2.05 bits per heavy atom. The van der Waals surface area contributed by atoms with Crippen molar-refractivity contribution in [2.24, 2.45) is 27.9 Å². The van der Waals surface area contributed by atoms with E-state index in [1.54, 1.807) is 0 Å². The largest absolute Gasteiger partial charge is 0.325 e. The van der Waals surface area contributed by atoms with Gasteiger partial charge in [-0.3, -0.25) is 0 Å². The molecule has 3 atom stereocenters. The van der Waals surface area contributed by atoms with Crippen LogP contribution in [-0.4, -0.2) is 5.54 Å². The van der Waals surface area contributed by atoms with Gasteiger partial charge in [0, 0.05) is 5.54 Å². The Kier molecular flexibility index (Phi) is 4.09. The molecule has 2 rings (SSSR count). The molecule has 0 heterocycles. The second kappa shape index (κ2) is 5.00. The fraction of sp³-hybridized carbons (Fsp3) is 1.00. The molecule has 0 bridgehead atoms. The lowest BCUT2D eigenvalue weighted by molar-refractivity contribution is -0.0206. The molecule has 2 fully saturated rings. The van der Waals surface area contributed by atoms with Gasteiger partial charge in [0.2, 0.25) is 0 Å². The average molecular weight is 280 g/mol. The highest BCUT2D eigenvalue weighted by Crippen LogP contribution is 2.56. The smallest absolute Gasteiger partial charge is 0.0159 e. The molecule has 0 aromatic rings. The van der Waals surface area contributed by atoms with E-state index in [2.05, 4.69) is 41.5 Å². The molecule has 2 aliphatic rings. The van der Waals surface area contributed by atoms with Crippen molar-refractivity contribution in [3.8, 4) is 0 Å². The second-order valence-electron chi connectivity index (χ2n) is 9.94. The highest BCUT2D eigenvalue weighted by atomic mass is 14.8. The quantitative estimate of drug-likeness (QED) is 0.707. The van der Waals surface area contributed by atoms with Gasteiger partial charge in [0.25, 0.3) is 0 Å². The molecule has 2 aliphatic carbocycles. The van der Waals surface area contributed by atoms with Crippen LogP contribution in [0.25, 0.3) is 0 Å². The van der Waals surface area contributed by atoms with Gasteiger partial charge in [0.05, 0.1) is 0 Å². The molecular weight excluding hydrogens is 242 g/mol. The van der Waals surface area contributed by atoms with E-state index < -0.39 is 0 Å². The summed E-state index contributed by atoms with van der Waals surface area (Å²) in [6.45, 7) is 14.6. The van der Waals surface area contributed by atoms with Gasteiger partial charge in [-0.25, -0.2) is 0 Å². The first kappa shape index (κ1) is 16.3. The van der Waals surface area contributed by atoms with E-state index in [4.69, 9.17) is 5.73 Å². The molecule has 0 radical (unpaired) electrons. The summed E-state index contributed by atoms with van der Waals surface area (Å²) in [6.07, 6.45) is 10.8. The Balaban J connectivity index is 2.13. The Bertz CT molecular complexity index is 353. The standard InChI is InChI=1S/C19H37N/c1-16(2)12-9-15(19(6,20)14-16)13-18(5)11-8-7-10-17(18,3)4/h15H,7-14,20H2,1-6H3. The Hall–Kier alpha value is -0.0400. The van der Waals surface area contributed by atoms with Crippen molar-refractivity contribution in [1.29, 1.82) is 0 Å². The Labute approximate surface area is 127 Å². The molecule has 118 valence electrons. The van der Waals surface area contributed by atoms with Gasteiger partial charge >= 0.3 is 0 Å². The van der Waals surface area contributed by atoms with Gasteiger partial charge in [-0.1, -0.05) is 47.5 Å². The SMILES string of the molecule is CC1(C)CCC(CC2(C)CCCCC2(C)C)C(C)(N)C1. The number of hydrogen-bond acceptors (Lipinski definition) is 1. The molecule has 2 N–H and O–H groups in total. The topological polar surface area (TPSA) is 26.0 Å². The number of nitrogens with two attached hydrogens (primary N) is 1. The lowest BCUT2D eigenvalue weighted by Gasteiger charge is -2.54. The van der Waals surface area contributed by atoms with Crippen molar-refractivity contribution in [1.82, 2.24) is 0 Å².